The Morgan fingerprint density at radius 2 is 1.81 bits per heavy atom. The first-order valence-electron chi connectivity index (χ1n) is 8.22. The maximum absolute atomic E-state index is 12.1. The average Bonchev–Trinajstić information content (AvgIpc) is 2.58. The number of carbonyl (C=O) groups excluding carboxylic acids is 1. The third kappa shape index (κ3) is 5.20. The molecule has 0 saturated carbocycles. The quantitative estimate of drug-likeness (QED) is 0.420. The SMILES string of the molecule is Cc1ccc([N+](=O)[O-])cc1NC(=O)CCCOc1cc(C)c(Cl)c(C)c1. The van der Waals surface area contributed by atoms with Crippen molar-refractivity contribution in [3.8, 4) is 5.75 Å². The molecule has 0 aliphatic carbocycles. The van der Waals surface area contributed by atoms with Gasteiger partial charge in [-0.15, -0.1) is 0 Å². The van der Waals surface area contributed by atoms with Gasteiger partial charge in [0.2, 0.25) is 5.91 Å². The van der Waals surface area contributed by atoms with Gasteiger partial charge in [-0.3, -0.25) is 14.9 Å². The van der Waals surface area contributed by atoms with Gasteiger partial charge < -0.3 is 10.1 Å². The highest BCUT2D eigenvalue weighted by Gasteiger charge is 2.11. The molecule has 0 fully saturated rings. The van der Waals surface area contributed by atoms with Crippen LogP contribution in [0.5, 0.6) is 5.75 Å². The highest BCUT2D eigenvalue weighted by atomic mass is 35.5. The van der Waals surface area contributed by atoms with Crippen LogP contribution in [0.1, 0.15) is 29.5 Å². The number of nitro groups is 1. The van der Waals surface area contributed by atoms with E-state index in [2.05, 4.69) is 5.32 Å². The average molecular weight is 377 g/mol. The molecular weight excluding hydrogens is 356 g/mol. The zero-order valence-electron chi connectivity index (χ0n) is 15.0. The number of rotatable bonds is 7. The minimum absolute atomic E-state index is 0.0530. The maximum Gasteiger partial charge on any atom is 0.271 e. The molecule has 1 amide bonds. The Bertz CT molecular complexity index is 813. The van der Waals surface area contributed by atoms with Gasteiger partial charge in [0.05, 0.1) is 17.2 Å². The van der Waals surface area contributed by atoms with Crippen LogP contribution >= 0.6 is 11.6 Å². The molecule has 2 aromatic rings. The van der Waals surface area contributed by atoms with Crippen LogP contribution in [0.15, 0.2) is 30.3 Å². The number of carbonyl (C=O) groups is 1. The number of anilines is 1. The molecule has 0 spiro atoms. The van der Waals surface area contributed by atoms with Crippen molar-refractivity contribution < 1.29 is 14.5 Å². The van der Waals surface area contributed by atoms with E-state index in [-0.39, 0.29) is 18.0 Å². The summed E-state index contributed by atoms with van der Waals surface area (Å²) in [4.78, 5) is 22.4. The van der Waals surface area contributed by atoms with Gasteiger partial charge in [0.15, 0.2) is 0 Å². The summed E-state index contributed by atoms with van der Waals surface area (Å²) in [5.74, 6) is 0.514. The van der Waals surface area contributed by atoms with E-state index in [4.69, 9.17) is 16.3 Å². The number of non-ortho nitro benzene ring substituents is 1. The van der Waals surface area contributed by atoms with Crippen molar-refractivity contribution in [1.29, 1.82) is 0 Å². The lowest BCUT2D eigenvalue weighted by molar-refractivity contribution is -0.384. The Kier molecular flexibility index (Phi) is 6.58. The highest BCUT2D eigenvalue weighted by molar-refractivity contribution is 6.32. The normalized spacial score (nSPS) is 10.5. The van der Waals surface area contributed by atoms with Crippen molar-refractivity contribution in [3.05, 3.63) is 62.2 Å². The maximum atomic E-state index is 12.1. The standard InChI is InChI=1S/C19H21ClN2O4/c1-12-6-7-15(22(24)25)11-17(12)21-18(23)5-4-8-26-16-9-13(2)19(20)14(3)10-16/h6-7,9-11H,4-5,8H2,1-3H3,(H,21,23). The Morgan fingerprint density at radius 1 is 1.15 bits per heavy atom. The van der Waals surface area contributed by atoms with Gasteiger partial charge in [-0.05, 0) is 56.0 Å². The molecule has 6 nitrogen and oxygen atoms in total. The molecule has 2 aromatic carbocycles. The van der Waals surface area contributed by atoms with Crippen LogP contribution in [0, 0.1) is 30.9 Å². The molecule has 0 bridgehead atoms. The molecule has 0 aromatic heterocycles. The van der Waals surface area contributed by atoms with Crippen LogP contribution in [0.2, 0.25) is 5.02 Å². The number of halogens is 1. The summed E-state index contributed by atoms with van der Waals surface area (Å²) in [7, 11) is 0. The molecule has 138 valence electrons. The fourth-order valence-electron chi connectivity index (χ4n) is 2.48. The second-order valence-electron chi connectivity index (χ2n) is 6.13. The molecule has 0 aliphatic heterocycles. The number of ether oxygens (including phenoxy) is 1. The summed E-state index contributed by atoms with van der Waals surface area (Å²) < 4.78 is 5.67. The smallest absolute Gasteiger partial charge is 0.271 e. The monoisotopic (exact) mass is 376 g/mol. The van der Waals surface area contributed by atoms with Crippen LogP contribution in [0.25, 0.3) is 0 Å². The van der Waals surface area contributed by atoms with E-state index in [0.29, 0.717) is 18.7 Å². The van der Waals surface area contributed by atoms with Gasteiger partial charge in [-0.1, -0.05) is 17.7 Å². The summed E-state index contributed by atoms with van der Waals surface area (Å²) in [6.45, 7) is 6.00. The van der Waals surface area contributed by atoms with Crippen molar-refractivity contribution >= 4 is 28.9 Å². The molecule has 0 heterocycles. The summed E-state index contributed by atoms with van der Waals surface area (Å²) in [6.07, 6.45) is 0.786. The number of hydrogen-bond acceptors (Lipinski definition) is 4. The fourth-order valence-corrected chi connectivity index (χ4v) is 2.59. The summed E-state index contributed by atoms with van der Waals surface area (Å²) in [5, 5.41) is 14.3. The van der Waals surface area contributed by atoms with E-state index < -0.39 is 4.92 Å². The molecule has 0 unspecified atom stereocenters. The van der Waals surface area contributed by atoms with Gasteiger partial charge >= 0.3 is 0 Å². The number of aryl methyl sites for hydroxylation is 3. The Balaban J connectivity index is 1.84. The van der Waals surface area contributed by atoms with E-state index in [1.807, 2.05) is 26.0 Å². The largest absolute Gasteiger partial charge is 0.494 e. The van der Waals surface area contributed by atoms with E-state index in [9.17, 15) is 14.9 Å². The first-order chi connectivity index (χ1) is 12.3. The van der Waals surface area contributed by atoms with Crippen molar-refractivity contribution in [2.75, 3.05) is 11.9 Å². The zero-order valence-corrected chi connectivity index (χ0v) is 15.7. The van der Waals surface area contributed by atoms with Crippen LogP contribution in [0.4, 0.5) is 11.4 Å². The second-order valence-corrected chi connectivity index (χ2v) is 6.51. The number of amides is 1. The topological polar surface area (TPSA) is 81.5 Å². The van der Waals surface area contributed by atoms with Gasteiger partial charge in [0, 0.05) is 23.6 Å². The molecule has 0 aliphatic rings. The van der Waals surface area contributed by atoms with E-state index in [1.54, 1.807) is 13.0 Å². The lowest BCUT2D eigenvalue weighted by Gasteiger charge is -2.11. The predicted octanol–water partition coefficient (Wildman–Crippen LogP) is 4.97. The van der Waals surface area contributed by atoms with E-state index in [1.165, 1.54) is 12.1 Å². The molecule has 0 atom stereocenters. The van der Waals surface area contributed by atoms with Crippen molar-refractivity contribution in [2.45, 2.75) is 33.6 Å². The van der Waals surface area contributed by atoms with Gasteiger partial charge in [0.1, 0.15) is 5.75 Å². The van der Waals surface area contributed by atoms with Crippen LogP contribution in [-0.2, 0) is 4.79 Å². The second kappa shape index (κ2) is 8.67. The number of hydrogen-bond donors (Lipinski definition) is 1. The number of benzene rings is 2. The molecule has 26 heavy (non-hydrogen) atoms. The summed E-state index contributed by atoms with van der Waals surface area (Å²) in [5.41, 5.74) is 3.06. The lowest BCUT2D eigenvalue weighted by Crippen LogP contribution is -2.13. The molecule has 2 rings (SSSR count). The zero-order chi connectivity index (χ0) is 19.3. The van der Waals surface area contributed by atoms with Gasteiger partial charge in [-0.2, -0.15) is 0 Å². The van der Waals surface area contributed by atoms with Crippen LogP contribution in [-0.4, -0.2) is 17.4 Å². The Morgan fingerprint density at radius 3 is 2.42 bits per heavy atom. The molecule has 0 saturated heterocycles. The first kappa shape index (κ1) is 19.7. The predicted molar refractivity (Wildman–Crippen MR) is 102 cm³/mol. The number of nitro benzene ring substituents is 1. The Hall–Kier alpha value is -2.60. The summed E-state index contributed by atoms with van der Waals surface area (Å²) in [6, 6.07) is 8.11. The van der Waals surface area contributed by atoms with Gasteiger partial charge in [0.25, 0.3) is 5.69 Å². The van der Waals surface area contributed by atoms with Crippen molar-refractivity contribution in [2.24, 2.45) is 0 Å². The van der Waals surface area contributed by atoms with Crippen LogP contribution in [0.3, 0.4) is 0 Å². The Labute approximate surface area is 157 Å². The van der Waals surface area contributed by atoms with Crippen molar-refractivity contribution in [1.82, 2.24) is 0 Å². The molecule has 7 heteroatoms. The molecule has 0 radical (unpaired) electrons. The lowest BCUT2D eigenvalue weighted by atomic mass is 10.1. The fraction of sp³-hybridized carbons (Fsp3) is 0.316. The van der Waals surface area contributed by atoms with E-state index >= 15 is 0 Å². The minimum atomic E-state index is -0.487. The third-order valence-electron chi connectivity index (χ3n) is 3.93. The minimum Gasteiger partial charge on any atom is -0.494 e. The molecule has 1 N–H and O–H groups in total. The van der Waals surface area contributed by atoms with Crippen LogP contribution < -0.4 is 10.1 Å². The third-order valence-corrected chi connectivity index (χ3v) is 4.53. The highest BCUT2D eigenvalue weighted by Crippen LogP contribution is 2.26. The van der Waals surface area contributed by atoms with Crippen molar-refractivity contribution in [3.63, 3.8) is 0 Å². The van der Waals surface area contributed by atoms with Gasteiger partial charge in [-0.25, -0.2) is 0 Å². The van der Waals surface area contributed by atoms with E-state index in [0.717, 1.165) is 27.5 Å². The first-order valence-corrected chi connectivity index (χ1v) is 8.60. The number of nitrogens with one attached hydrogen (secondary N) is 1. The molecular formula is C19H21ClN2O4. The number of nitrogens with zero attached hydrogens (tertiary/aromatic N) is 1. The summed E-state index contributed by atoms with van der Waals surface area (Å²) >= 11 is 6.12.